The van der Waals surface area contributed by atoms with Crippen LogP contribution in [0.1, 0.15) is 38.5 Å². The van der Waals surface area contributed by atoms with E-state index in [4.69, 9.17) is 5.73 Å². The smallest absolute Gasteiger partial charge is 0.133 e. The molecule has 3 heteroatoms. The first kappa shape index (κ1) is 11.3. The topological polar surface area (TPSA) is 60.2 Å². The molecule has 0 aliphatic carbocycles. The number of hydrogen-bond donors (Lipinski definition) is 1. The summed E-state index contributed by atoms with van der Waals surface area (Å²) in [6, 6.07) is 0. The highest BCUT2D eigenvalue weighted by molar-refractivity contribution is 5.80. The van der Waals surface area contributed by atoms with Gasteiger partial charge in [0, 0.05) is 19.3 Å². The van der Waals surface area contributed by atoms with E-state index >= 15 is 0 Å². The second-order valence-electron chi connectivity index (χ2n) is 2.84. The van der Waals surface area contributed by atoms with Gasteiger partial charge in [-0.05, 0) is 19.4 Å². The monoisotopic (exact) mass is 171 g/mol. The number of rotatable bonds is 8. The summed E-state index contributed by atoms with van der Waals surface area (Å²) in [6.07, 6.45) is 5.09. The van der Waals surface area contributed by atoms with Crippen molar-refractivity contribution in [2.75, 3.05) is 6.54 Å². The van der Waals surface area contributed by atoms with Gasteiger partial charge in [-0.1, -0.05) is 6.42 Å². The minimum absolute atomic E-state index is 0.194. The molecule has 0 amide bonds. The Kier molecular flexibility index (Phi) is 7.91. The standard InChI is InChI=1S/C9H17NO2/c10-7-3-1-2-5-9(12)6-4-8-11/h8H,1-7,10H2. The van der Waals surface area contributed by atoms with Crippen molar-refractivity contribution >= 4 is 12.1 Å². The van der Waals surface area contributed by atoms with Crippen molar-refractivity contribution in [3.05, 3.63) is 0 Å². The van der Waals surface area contributed by atoms with Crippen LogP contribution in [0.25, 0.3) is 0 Å². The van der Waals surface area contributed by atoms with Gasteiger partial charge < -0.3 is 10.5 Å². The molecule has 0 aromatic rings. The number of carbonyl (C=O) groups is 2. The van der Waals surface area contributed by atoms with Crippen LogP contribution in [0.3, 0.4) is 0 Å². The molecule has 0 bridgehead atoms. The minimum Gasteiger partial charge on any atom is -0.330 e. The Morgan fingerprint density at radius 2 is 1.92 bits per heavy atom. The zero-order chi connectivity index (χ0) is 9.23. The van der Waals surface area contributed by atoms with Gasteiger partial charge in [0.1, 0.15) is 12.1 Å². The lowest BCUT2D eigenvalue weighted by Gasteiger charge is -1.97. The number of aldehydes is 1. The molecule has 70 valence electrons. The van der Waals surface area contributed by atoms with Gasteiger partial charge in [-0.25, -0.2) is 0 Å². The van der Waals surface area contributed by atoms with Crippen LogP contribution in [0.4, 0.5) is 0 Å². The Hall–Kier alpha value is -0.700. The van der Waals surface area contributed by atoms with E-state index in [0.717, 1.165) is 25.5 Å². The molecule has 0 fully saturated rings. The van der Waals surface area contributed by atoms with Gasteiger partial charge >= 0.3 is 0 Å². The predicted octanol–water partition coefficient (Wildman–Crippen LogP) is 1.05. The van der Waals surface area contributed by atoms with E-state index in [1.54, 1.807) is 0 Å². The van der Waals surface area contributed by atoms with Crippen molar-refractivity contribution in [1.82, 2.24) is 0 Å². The van der Waals surface area contributed by atoms with Gasteiger partial charge in [-0.15, -0.1) is 0 Å². The lowest BCUT2D eigenvalue weighted by molar-refractivity contribution is -0.120. The lowest BCUT2D eigenvalue weighted by atomic mass is 10.1. The Bertz CT molecular complexity index is 134. The summed E-state index contributed by atoms with van der Waals surface area (Å²) >= 11 is 0. The van der Waals surface area contributed by atoms with Crippen molar-refractivity contribution < 1.29 is 9.59 Å². The molecule has 0 spiro atoms. The molecule has 2 N–H and O–H groups in total. The van der Waals surface area contributed by atoms with Gasteiger partial charge in [-0.3, -0.25) is 4.79 Å². The van der Waals surface area contributed by atoms with E-state index in [0.29, 0.717) is 25.8 Å². The number of nitrogens with two attached hydrogens (primary N) is 1. The van der Waals surface area contributed by atoms with Gasteiger partial charge in [0.15, 0.2) is 0 Å². The average Bonchev–Trinajstić information content (AvgIpc) is 2.09. The minimum atomic E-state index is 0.194. The summed E-state index contributed by atoms with van der Waals surface area (Å²) in [5.41, 5.74) is 5.29. The number of ketones is 1. The van der Waals surface area contributed by atoms with Gasteiger partial charge in [0.2, 0.25) is 0 Å². The third-order valence-electron chi connectivity index (χ3n) is 1.70. The van der Waals surface area contributed by atoms with Crippen molar-refractivity contribution in [1.29, 1.82) is 0 Å². The first-order chi connectivity index (χ1) is 5.81. The number of Topliss-reactive ketones (excluding diaryl/α,β-unsaturated/α-hetero) is 1. The summed E-state index contributed by atoms with van der Waals surface area (Å²) in [5, 5.41) is 0. The number of carbonyl (C=O) groups excluding carboxylic acids is 2. The summed E-state index contributed by atoms with van der Waals surface area (Å²) in [4.78, 5) is 20.9. The van der Waals surface area contributed by atoms with E-state index in [9.17, 15) is 9.59 Å². The highest BCUT2D eigenvalue weighted by Crippen LogP contribution is 2.02. The molecule has 0 saturated heterocycles. The molecule has 0 atom stereocenters. The molecule has 0 aromatic carbocycles. The van der Waals surface area contributed by atoms with Gasteiger partial charge in [-0.2, -0.15) is 0 Å². The van der Waals surface area contributed by atoms with Crippen LogP contribution < -0.4 is 5.73 Å². The zero-order valence-electron chi connectivity index (χ0n) is 7.42. The van der Waals surface area contributed by atoms with Crippen LogP contribution in [0.2, 0.25) is 0 Å². The summed E-state index contributed by atoms with van der Waals surface area (Å²) < 4.78 is 0. The van der Waals surface area contributed by atoms with E-state index in [1.165, 1.54) is 0 Å². The van der Waals surface area contributed by atoms with Gasteiger partial charge in [0.05, 0.1) is 0 Å². The maximum absolute atomic E-state index is 11.0. The van der Waals surface area contributed by atoms with Crippen LogP contribution in [0.5, 0.6) is 0 Å². The molecule has 12 heavy (non-hydrogen) atoms. The number of unbranched alkanes of at least 4 members (excludes halogenated alkanes) is 2. The van der Waals surface area contributed by atoms with Crippen molar-refractivity contribution in [2.24, 2.45) is 5.73 Å². The van der Waals surface area contributed by atoms with Crippen LogP contribution in [0.15, 0.2) is 0 Å². The van der Waals surface area contributed by atoms with E-state index < -0.39 is 0 Å². The fourth-order valence-electron chi connectivity index (χ4n) is 0.988. The highest BCUT2D eigenvalue weighted by Gasteiger charge is 1.99. The molecule has 0 rings (SSSR count). The summed E-state index contributed by atoms with van der Waals surface area (Å²) in [5.74, 6) is 0.194. The first-order valence-electron chi connectivity index (χ1n) is 4.46. The molecular formula is C9H17NO2. The van der Waals surface area contributed by atoms with E-state index in [2.05, 4.69) is 0 Å². The maximum atomic E-state index is 11.0. The van der Waals surface area contributed by atoms with Crippen LogP contribution in [-0.4, -0.2) is 18.6 Å². The molecule has 3 nitrogen and oxygen atoms in total. The molecule has 0 aliphatic rings. The van der Waals surface area contributed by atoms with Crippen LogP contribution in [-0.2, 0) is 9.59 Å². The molecule has 0 unspecified atom stereocenters. The van der Waals surface area contributed by atoms with E-state index in [1.807, 2.05) is 0 Å². The second-order valence-corrected chi connectivity index (χ2v) is 2.84. The second kappa shape index (κ2) is 8.40. The molecular weight excluding hydrogens is 154 g/mol. The Morgan fingerprint density at radius 1 is 1.17 bits per heavy atom. The van der Waals surface area contributed by atoms with Crippen molar-refractivity contribution in [3.63, 3.8) is 0 Å². The molecule has 0 heterocycles. The Morgan fingerprint density at radius 3 is 2.50 bits per heavy atom. The first-order valence-corrected chi connectivity index (χ1v) is 4.46. The van der Waals surface area contributed by atoms with Crippen LogP contribution in [0, 0.1) is 0 Å². The van der Waals surface area contributed by atoms with Crippen molar-refractivity contribution in [3.8, 4) is 0 Å². The summed E-state index contributed by atoms with van der Waals surface area (Å²) in [6.45, 7) is 0.697. The fourth-order valence-corrected chi connectivity index (χ4v) is 0.988. The van der Waals surface area contributed by atoms with E-state index in [-0.39, 0.29) is 5.78 Å². The predicted molar refractivity (Wildman–Crippen MR) is 47.8 cm³/mol. The molecule has 0 saturated carbocycles. The zero-order valence-corrected chi connectivity index (χ0v) is 7.42. The lowest BCUT2D eigenvalue weighted by Crippen LogP contribution is -2.00. The SMILES string of the molecule is NCCCCCC(=O)CCC=O. The average molecular weight is 171 g/mol. The molecule has 0 radical (unpaired) electrons. The number of hydrogen-bond acceptors (Lipinski definition) is 3. The third kappa shape index (κ3) is 7.41. The largest absolute Gasteiger partial charge is 0.330 e. The third-order valence-corrected chi connectivity index (χ3v) is 1.70. The van der Waals surface area contributed by atoms with Crippen molar-refractivity contribution in [2.45, 2.75) is 38.5 Å². The Labute approximate surface area is 73.3 Å². The Balaban J connectivity index is 3.13. The van der Waals surface area contributed by atoms with Crippen LogP contribution >= 0.6 is 0 Å². The molecule has 0 aliphatic heterocycles. The highest BCUT2D eigenvalue weighted by atomic mass is 16.1. The molecule has 0 aromatic heterocycles. The maximum Gasteiger partial charge on any atom is 0.133 e. The normalized spacial score (nSPS) is 9.75. The quantitative estimate of drug-likeness (QED) is 0.438. The van der Waals surface area contributed by atoms with Gasteiger partial charge in [0.25, 0.3) is 0 Å². The summed E-state index contributed by atoms with van der Waals surface area (Å²) in [7, 11) is 0. The fraction of sp³-hybridized carbons (Fsp3) is 0.778.